The van der Waals surface area contributed by atoms with Gasteiger partial charge in [-0.1, -0.05) is 86.8 Å². The zero-order valence-corrected chi connectivity index (χ0v) is 22.2. The van der Waals surface area contributed by atoms with Crippen molar-refractivity contribution in [3.63, 3.8) is 0 Å². The van der Waals surface area contributed by atoms with Crippen LogP contribution >= 0.6 is 0 Å². The number of alkyl carbamates (subject to hydrolysis) is 1. The maximum absolute atomic E-state index is 12.5. The van der Waals surface area contributed by atoms with Crippen molar-refractivity contribution >= 4 is 6.09 Å². The fourth-order valence-corrected chi connectivity index (χ4v) is 4.25. The lowest BCUT2D eigenvalue weighted by molar-refractivity contribution is 0.135. The molecule has 4 aromatic rings. The highest BCUT2D eigenvalue weighted by Gasteiger charge is 2.16. The number of carbonyl (C=O) groups excluding carboxylic acids is 1. The molecular formula is C32H36N2O4. The number of unbranched alkanes of at least 4 members (excludes halogenated alkanes) is 2. The zero-order valence-electron chi connectivity index (χ0n) is 22.2. The molecule has 1 heterocycles. The van der Waals surface area contributed by atoms with Crippen LogP contribution in [0.15, 0.2) is 89.3 Å². The van der Waals surface area contributed by atoms with E-state index in [-0.39, 0.29) is 12.6 Å². The first kappa shape index (κ1) is 27.0. The first-order valence-corrected chi connectivity index (χ1v) is 13.3. The second-order valence-electron chi connectivity index (χ2n) is 9.31. The molecule has 0 spiro atoms. The Hall–Kier alpha value is -4.06. The van der Waals surface area contributed by atoms with Crippen LogP contribution in [0.3, 0.4) is 0 Å². The molecule has 38 heavy (non-hydrogen) atoms. The van der Waals surface area contributed by atoms with E-state index in [9.17, 15) is 4.79 Å². The van der Waals surface area contributed by atoms with Gasteiger partial charge in [0, 0.05) is 12.0 Å². The number of aromatic nitrogens is 1. The standard InChI is InChI=1S/C32H36N2O4/c1-3-4-7-16-30(34-32(35)37-23-25-12-8-5-9-13-25)26-17-19-28(20-18-26)36-22-21-29-24(2)38-31(33-29)27-14-10-6-11-15-27/h5-6,8-15,17-20,30H,3-4,7,16,21-23H2,1-2H3,(H,34,35)/t30-/m0/s1. The molecule has 6 heteroatoms. The van der Waals surface area contributed by atoms with Gasteiger partial charge < -0.3 is 19.2 Å². The summed E-state index contributed by atoms with van der Waals surface area (Å²) in [4.78, 5) is 17.2. The molecule has 0 aliphatic heterocycles. The smallest absolute Gasteiger partial charge is 0.407 e. The van der Waals surface area contributed by atoms with Crippen LogP contribution < -0.4 is 10.1 Å². The number of benzene rings is 3. The van der Waals surface area contributed by atoms with Gasteiger partial charge in [0.2, 0.25) is 5.89 Å². The molecule has 4 rings (SSSR count). The summed E-state index contributed by atoms with van der Waals surface area (Å²) >= 11 is 0. The molecule has 198 valence electrons. The number of amides is 1. The first-order chi connectivity index (χ1) is 18.6. The number of nitrogens with one attached hydrogen (secondary N) is 1. The van der Waals surface area contributed by atoms with Gasteiger partial charge in [0.05, 0.1) is 18.3 Å². The Labute approximate surface area is 225 Å². The van der Waals surface area contributed by atoms with E-state index in [0.717, 1.165) is 59.6 Å². The number of hydrogen-bond acceptors (Lipinski definition) is 5. The average Bonchev–Trinajstić information content (AvgIpc) is 3.33. The van der Waals surface area contributed by atoms with Crippen LogP contribution in [0, 0.1) is 6.92 Å². The van der Waals surface area contributed by atoms with Gasteiger partial charge in [0.25, 0.3) is 0 Å². The Balaban J connectivity index is 1.30. The van der Waals surface area contributed by atoms with Crippen molar-refractivity contribution in [2.24, 2.45) is 0 Å². The first-order valence-electron chi connectivity index (χ1n) is 13.3. The minimum Gasteiger partial charge on any atom is -0.493 e. The topological polar surface area (TPSA) is 73.6 Å². The van der Waals surface area contributed by atoms with Crippen molar-refractivity contribution in [1.29, 1.82) is 0 Å². The molecule has 6 nitrogen and oxygen atoms in total. The van der Waals surface area contributed by atoms with Gasteiger partial charge in [0.1, 0.15) is 18.1 Å². The summed E-state index contributed by atoms with van der Waals surface area (Å²) in [5.74, 6) is 2.21. The Kier molecular flexibility index (Phi) is 9.96. The average molecular weight is 513 g/mol. The molecule has 0 aliphatic carbocycles. The SMILES string of the molecule is CCCCC[C@H](NC(=O)OCc1ccccc1)c1ccc(OCCc2nc(-c3ccccc3)oc2C)cc1. The van der Waals surface area contributed by atoms with E-state index in [1.54, 1.807) is 0 Å². The minimum absolute atomic E-state index is 0.118. The van der Waals surface area contributed by atoms with Gasteiger partial charge in [0.15, 0.2) is 0 Å². The molecular weight excluding hydrogens is 476 g/mol. The molecule has 0 saturated heterocycles. The van der Waals surface area contributed by atoms with Crippen LogP contribution in [-0.2, 0) is 17.8 Å². The highest BCUT2D eigenvalue weighted by molar-refractivity contribution is 5.68. The molecule has 0 saturated carbocycles. The molecule has 1 N–H and O–H groups in total. The predicted octanol–water partition coefficient (Wildman–Crippen LogP) is 7.82. The van der Waals surface area contributed by atoms with Crippen molar-refractivity contribution in [2.45, 2.75) is 58.6 Å². The predicted molar refractivity (Wildman–Crippen MR) is 149 cm³/mol. The highest BCUT2D eigenvalue weighted by Crippen LogP contribution is 2.24. The van der Waals surface area contributed by atoms with Gasteiger partial charge in [-0.3, -0.25) is 0 Å². The molecule has 0 unspecified atom stereocenters. The molecule has 3 aromatic carbocycles. The second kappa shape index (κ2) is 14.0. The molecule has 1 amide bonds. The summed E-state index contributed by atoms with van der Waals surface area (Å²) in [6.45, 7) is 4.84. The second-order valence-corrected chi connectivity index (χ2v) is 9.31. The van der Waals surface area contributed by atoms with Crippen LogP contribution in [0.1, 0.15) is 61.2 Å². The monoisotopic (exact) mass is 512 g/mol. The van der Waals surface area contributed by atoms with E-state index in [4.69, 9.17) is 13.9 Å². The summed E-state index contributed by atoms with van der Waals surface area (Å²) in [7, 11) is 0. The van der Waals surface area contributed by atoms with E-state index < -0.39 is 6.09 Å². The molecule has 0 fully saturated rings. The highest BCUT2D eigenvalue weighted by atomic mass is 16.5. The van der Waals surface area contributed by atoms with E-state index >= 15 is 0 Å². The minimum atomic E-state index is -0.409. The maximum Gasteiger partial charge on any atom is 0.407 e. The lowest BCUT2D eigenvalue weighted by atomic mass is 10.0. The number of aryl methyl sites for hydroxylation is 1. The van der Waals surface area contributed by atoms with Crippen LogP contribution in [0.5, 0.6) is 5.75 Å². The third-order valence-electron chi connectivity index (χ3n) is 6.40. The fraction of sp³-hybridized carbons (Fsp3) is 0.312. The molecule has 0 bridgehead atoms. The summed E-state index contributed by atoms with van der Waals surface area (Å²) in [6, 6.07) is 27.4. The number of rotatable bonds is 13. The van der Waals surface area contributed by atoms with Crippen LogP contribution in [-0.4, -0.2) is 17.7 Å². The van der Waals surface area contributed by atoms with Crippen molar-refractivity contribution in [3.8, 4) is 17.2 Å². The van der Waals surface area contributed by atoms with Crippen LogP contribution in [0.2, 0.25) is 0 Å². The normalized spacial score (nSPS) is 11.6. The Morgan fingerprint density at radius 3 is 2.37 bits per heavy atom. The van der Waals surface area contributed by atoms with Gasteiger partial charge in [-0.15, -0.1) is 0 Å². The summed E-state index contributed by atoms with van der Waals surface area (Å²) in [5, 5.41) is 3.05. The number of nitrogens with zero attached hydrogens (tertiary/aromatic N) is 1. The number of oxazole rings is 1. The molecule has 0 aliphatic rings. The van der Waals surface area contributed by atoms with E-state index in [1.807, 2.05) is 91.9 Å². The lowest BCUT2D eigenvalue weighted by Gasteiger charge is -2.19. The zero-order chi connectivity index (χ0) is 26.6. The quantitative estimate of drug-likeness (QED) is 0.185. The third kappa shape index (κ3) is 7.97. The number of ether oxygens (including phenoxy) is 2. The van der Waals surface area contributed by atoms with Crippen LogP contribution in [0.25, 0.3) is 11.5 Å². The lowest BCUT2D eigenvalue weighted by Crippen LogP contribution is -2.29. The third-order valence-corrected chi connectivity index (χ3v) is 6.40. The maximum atomic E-state index is 12.5. The van der Waals surface area contributed by atoms with E-state index in [2.05, 4.69) is 17.2 Å². The Bertz CT molecular complexity index is 1250. The largest absolute Gasteiger partial charge is 0.493 e. The summed E-state index contributed by atoms with van der Waals surface area (Å²) in [5.41, 5.74) is 3.85. The van der Waals surface area contributed by atoms with E-state index in [0.29, 0.717) is 18.9 Å². The van der Waals surface area contributed by atoms with Gasteiger partial charge in [-0.25, -0.2) is 9.78 Å². The fourth-order valence-electron chi connectivity index (χ4n) is 4.25. The van der Waals surface area contributed by atoms with Crippen molar-refractivity contribution in [2.75, 3.05) is 6.61 Å². The molecule has 0 radical (unpaired) electrons. The molecule has 1 atom stereocenters. The van der Waals surface area contributed by atoms with E-state index in [1.165, 1.54) is 0 Å². The Morgan fingerprint density at radius 2 is 1.66 bits per heavy atom. The van der Waals surface area contributed by atoms with Gasteiger partial charge in [-0.2, -0.15) is 0 Å². The Morgan fingerprint density at radius 1 is 0.947 bits per heavy atom. The van der Waals surface area contributed by atoms with Crippen molar-refractivity contribution < 1.29 is 18.7 Å². The van der Waals surface area contributed by atoms with Gasteiger partial charge >= 0.3 is 6.09 Å². The van der Waals surface area contributed by atoms with Crippen LogP contribution in [0.4, 0.5) is 4.79 Å². The van der Waals surface area contributed by atoms with Gasteiger partial charge in [-0.05, 0) is 48.7 Å². The summed E-state index contributed by atoms with van der Waals surface area (Å²) in [6.07, 6.45) is 4.36. The van der Waals surface area contributed by atoms with Crippen molar-refractivity contribution in [3.05, 3.63) is 108 Å². The van der Waals surface area contributed by atoms with Crippen molar-refractivity contribution in [1.82, 2.24) is 10.3 Å². The number of carbonyl (C=O) groups is 1. The number of hydrogen-bond donors (Lipinski definition) is 1. The molecule has 1 aromatic heterocycles. The summed E-state index contributed by atoms with van der Waals surface area (Å²) < 4.78 is 17.3.